The van der Waals surface area contributed by atoms with Crippen molar-refractivity contribution >= 4 is 17.9 Å². The molecule has 1 unspecified atom stereocenters. The number of nitrogens with zero attached hydrogens (tertiary/aromatic N) is 6. The quantitative estimate of drug-likeness (QED) is 0.310. The summed E-state index contributed by atoms with van der Waals surface area (Å²) in [7, 11) is 2.05. The third-order valence-electron chi connectivity index (χ3n) is 6.89. The van der Waals surface area contributed by atoms with Gasteiger partial charge < -0.3 is 19.3 Å². The van der Waals surface area contributed by atoms with Gasteiger partial charge in [0.1, 0.15) is 12.4 Å². The van der Waals surface area contributed by atoms with Gasteiger partial charge in [0.05, 0.1) is 11.9 Å². The lowest BCUT2D eigenvalue weighted by Gasteiger charge is -2.31. The van der Waals surface area contributed by atoms with Crippen LogP contribution in [0, 0.1) is 18.8 Å². The second-order valence-electron chi connectivity index (χ2n) is 9.87. The molecule has 1 amide bonds. The number of piperazine rings is 1. The fourth-order valence-electron chi connectivity index (χ4n) is 4.55. The van der Waals surface area contributed by atoms with Gasteiger partial charge in [-0.15, -0.1) is 10.2 Å². The van der Waals surface area contributed by atoms with E-state index in [2.05, 4.69) is 44.1 Å². The Morgan fingerprint density at radius 1 is 1.18 bits per heavy atom. The molecule has 3 heterocycles. The Labute approximate surface area is 239 Å². The Morgan fingerprint density at radius 2 is 2.05 bits per heavy atom. The SMILES string of the molecule is Cc1cc(OCc2nnc(SC3C=CCCC3)n2-c2cccnc2)ccc1C#CCOC(=O)N1CCN(C)CC1. The standard InChI is InChI=1S/C30H34N6O3S/c1-23-20-26(13-12-24(23)8-7-19-38-30(37)35-17-15-34(2)16-18-35)39-22-28-32-33-29(40-27-10-4-3-5-11-27)36(28)25-9-6-14-31-21-25/h4,6,9-10,12-14,20-21,27H,3,5,11,15-19,22H2,1-2H3. The van der Waals surface area contributed by atoms with Gasteiger partial charge in [0.25, 0.3) is 0 Å². The van der Waals surface area contributed by atoms with E-state index in [1.165, 1.54) is 6.42 Å². The molecule has 10 heteroatoms. The topological polar surface area (TPSA) is 85.6 Å². The molecule has 0 radical (unpaired) electrons. The summed E-state index contributed by atoms with van der Waals surface area (Å²) >= 11 is 1.72. The minimum Gasteiger partial charge on any atom is -0.486 e. The average Bonchev–Trinajstić information content (AvgIpc) is 3.38. The minimum atomic E-state index is -0.307. The van der Waals surface area contributed by atoms with Crippen molar-refractivity contribution in [2.75, 3.05) is 39.8 Å². The summed E-state index contributed by atoms with van der Waals surface area (Å²) in [6, 6.07) is 9.67. The van der Waals surface area contributed by atoms with Crippen molar-refractivity contribution < 1.29 is 14.3 Å². The summed E-state index contributed by atoms with van der Waals surface area (Å²) in [6.07, 6.45) is 11.2. The fourth-order valence-corrected chi connectivity index (χ4v) is 5.70. The van der Waals surface area contributed by atoms with Crippen molar-refractivity contribution in [3.05, 3.63) is 71.8 Å². The first-order valence-corrected chi connectivity index (χ1v) is 14.5. The largest absolute Gasteiger partial charge is 0.486 e. The number of benzene rings is 1. The van der Waals surface area contributed by atoms with Gasteiger partial charge in [-0.3, -0.25) is 9.55 Å². The first-order chi connectivity index (χ1) is 19.6. The lowest BCUT2D eigenvalue weighted by Crippen LogP contribution is -2.47. The molecule has 5 rings (SSSR count). The number of aromatic nitrogens is 4. The summed E-state index contributed by atoms with van der Waals surface area (Å²) in [6.45, 7) is 5.37. The third kappa shape index (κ3) is 7.23. The Bertz CT molecular complexity index is 1390. The van der Waals surface area contributed by atoms with E-state index in [0.29, 0.717) is 24.2 Å². The first-order valence-electron chi connectivity index (χ1n) is 13.6. The monoisotopic (exact) mass is 558 g/mol. The molecule has 1 aliphatic heterocycles. The van der Waals surface area contributed by atoms with Crippen LogP contribution in [0.2, 0.25) is 0 Å². The molecule has 0 N–H and O–H groups in total. The molecule has 1 aromatic carbocycles. The molecule has 0 saturated carbocycles. The summed E-state index contributed by atoms with van der Waals surface area (Å²) in [4.78, 5) is 20.4. The summed E-state index contributed by atoms with van der Waals surface area (Å²) < 4.78 is 13.5. The molecule has 2 aliphatic rings. The Morgan fingerprint density at radius 3 is 2.80 bits per heavy atom. The van der Waals surface area contributed by atoms with Crippen LogP contribution in [0.3, 0.4) is 0 Å². The van der Waals surface area contributed by atoms with Gasteiger partial charge in [-0.05, 0) is 69.1 Å². The third-order valence-corrected chi connectivity index (χ3v) is 8.06. The van der Waals surface area contributed by atoms with Crippen LogP contribution in [-0.2, 0) is 11.3 Å². The molecular formula is C30H34N6O3S. The van der Waals surface area contributed by atoms with E-state index in [9.17, 15) is 4.79 Å². The number of amides is 1. The number of rotatable bonds is 7. The maximum atomic E-state index is 12.2. The van der Waals surface area contributed by atoms with Crippen LogP contribution in [0.15, 0.2) is 60.0 Å². The van der Waals surface area contributed by atoms with Crippen molar-refractivity contribution in [3.63, 3.8) is 0 Å². The Kier molecular flexibility index (Phi) is 9.37. The van der Waals surface area contributed by atoms with Crippen molar-refractivity contribution in [3.8, 4) is 23.3 Å². The van der Waals surface area contributed by atoms with E-state index >= 15 is 0 Å². The highest BCUT2D eigenvalue weighted by molar-refractivity contribution is 7.99. The average molecular weight is 559 g/mol. The van der Waals surface area contributed by atoms with Crippen LogP contribution in [-0.4, -0.2) is 80.7 Å². The zero-order valence-electron chi connectivity index (χ0n) is 23.0. The molecule has 9 nitrogen and oxygen atoms in total. The Balaban J connectivity index is 1.20. The van der Waals surface area contributed by atoms with Gasteiger partial charge in [0.2, 0.25) is 0 Å². The molecule has 3 aromatic rings. The fraction of sp³-hybridized carbons (Fsp3) is 0.400. The maximum absolute atomic E-state index is 12.2. The summed E-state index contributed by atoms with van der Waals surface area (Å²) in [5.41, 5.74) is 2.74. The predicted octanol–water partition coefficient (Wildman–Crippen LogP) is 4.49. The van der Waals surface area contributed by atoms with Crippen LogP contribution < -0.4 is 4.74 Å². The molecule has 0 bridgehead atoms. The summed E-state index contributed by atoms with van der Waals surface area (Å²) in [5.74, 6) is 7.48. The van der Waals surface area contributed by atoms with Crippen molar-refractivity contribution in [1.82, 2.24) is 29.5 Å². The Hall–Kier alpha value is -3.81. The molecule has 0 spiro atoms. The lowest BCUT2D eigenvalue weighted by molar-refractivity contribution is 0.0908. The number of pyridine rings is 1. The number of aryl methyl sites for hydroxylation is 1. The normalized spacial score (nSPS) is 17.2. The summed E-state index contributed by atoms with van der Waals surface area (Å²) in [5, 5.41) is 10.2. The number of likely N-dealkylation sites (N-methyl/N-ethyl adjacent to an activating group) is 1. The maximum Gasteiger partial charge on any atom is 0.410 e. The number of allylic oxidation sites excluding steroid dienone is 1. The van der Waals surface area contributed by atoms with Crippen molar-refractivity contribution in [2.24, 2.45) is 0 Å². The molecule has 1 saturated heterocycles. The van der Waals surface area contributed by atoms with Gasteiger partial charge in [-0.1, -0.05) is 35.8 Å². The highest BCUT2D eigenvalue weighted by Gasteiger charge is 2.21. The second-order valence-corrected chi connectivity index (χ2v) is 11.1. The van der Waals surface area contributed by atoms with Crippen LogP contribution in [0.1, 0.15) is 36.2 Å². The predicted molar refractivity (Wildman–Crippen MR) is 155 cm³/mol. The molecule has 1 fully saturated rings. The molecule has 1 aliphatic carbocycles. The van der Waals surface area contributed by atoms with E-state index in [1.807, 2.05) is 55.1 Å². The highest BCUT2D eigenvalue weighted by Crippen LogP contribution is 2.31. The van der Waals surface area contributed by atoms with E-state index < -0.39 is 0 Å². The van der Waals surface area contributed by atoms with Crippen LogP contribution in [0.4, 0.5) is 4.79 Å². The molecule has 1 atom stereocenters. The lowest BCUT2D eigenvalue weighted by atomic mass is 10.1. The smallest absolute Gasteiger partial charge is 0.410 e. The number of thioether (sulfide) groups is 1. The molecule has 208 valence electrons. The van der Waals surface area contributed by atoms with Crippen molar-refractivity contribution in [1.29, 1.82) is 0 Å². The van der Waals surface area contributed by atoms with Gasteiger partial charge in [-0.25, -0.2) is 4.79 Å². The number of carbonyl (C=O) groups excluding carboxylic acids is 1. The van der Waals surface area contributed by atoms with E-state index in [1.54, 1.807) is 22.9 Å². The first kappa shape index (κ1) is 27.7. The highest BCUT2D eigenvalue weighted by atomic mass is 32.2. The van der Waals surface area contributed by atoms with Gasteiger partial charge >= 0.3 is 6.09 Å². The van der Waals surface area contributed by atoms with Gasteiger partial charge in [0.15, 0.2) is 17.6 Å². The zero-order valence-corrected chi connectivity index (χ0v) is 23.8. The van der Waals surface area contributed by atoms with E-state index in [-0.39, 0.29) is 19.3 Å². The second kappa shape index (κ2) is 13.5. The van der Waals surface area contributed by atoms with Crippen LogP contribution in [0.25, 0.3) is 5.69 Å². The zero-order chi connectivity index (χ0) is 27.7. The molecule has 40 heavy (non-hydrogen) atoms. The van der Waals surface area contributed by atoms with E-state index in [4.69, 9.17) is 9.47 Å². The van der Waals surface area contributed by atoms with Gasteiger partial charge in [0, 0.05) is 43.2 Å². The number of carbonyl (C=O) groups is 1. The van der Waals surface area contributed by atoms with Gasteiger partial charge in [-0.2, -0.15) is 0 Å². The van der Waals surface area contributed by atoms with Crippen molar-refractivity contribution in [2.45, 2.75) is 43.2 Å². The van der Waals surface area contributed by atoms with E-state index in [0.717, 1.165) is 53.7 Å². The molecular weight excluding hydrogens is 524 g/mol. The minimum absolute atomic E-state index is 0.0594. The van der Waals surface area contributed by atoms with Crippen LogP contribution in [0.5, 0.6) is 5.75 Å². The number of hydrogen-bond acceptors (Lipinski definition) is 8. The number of hydrogen-bond donors (Lipinski definition) is 0. The molecule has 2 aromatic heterocycles. The van der Waals surface area contributed by atoms with Crippen LogP contribution >= 0.6 is 11.8 Å². The number of ether oxygens (including phenoxy) is 2.